The molecule has 0 amide bonds. The topological polar surface area (TPSA) is 134 Å². The van der Waals surface area contributed by atoms with Crippen LogP contribution in [0.5, 0.6) is 0 Å². The van der Waals surface area contributed by atoms with Gasteiger partial charge in [0.1, 0.15) is 5.82 Å². The molecule has 0 atom stereocenters. The van der Waals surface area contributed by atoms with Crippen molar-refractivity contribution in [3.8, 4) is 0 Å². The highest BCUT2D eigenvalue weighted by Crippen LogP contribution is 2.39. The van der Waals surface area contributed by atoms with Gasteiger partial charge in [-0.1, -0.05) is 0 Å². The molecule has 0 bridgehead atoms. The molecule has 1 aliphatic rings. The van der Waals surface area contributed by atoms with E-state index in [1.165, 1.54) is 12.8 Å². The molecule has 1 saturated carbocycles. The average Bonchev–Trinajstić information content (AvgIpc) is 3.18. The third-order valence-electron chi connectivity index (χ3n) is 4.53. The smallest absolute Gasteiger partial charge is 0.221 e. The standard InChI is InChI=1S/C17H17N9/c18-17-20-6-11(3-10-5-19-7-13-15(10)22-8-21-13)16(24-17)23-14-4-12(25-26-14)9-1-2-9/h4-9H,1-3H2,(H,21,22)(H4,18,20,23,24,25,26). The summed E-state index contributed by atoms with van der Waals surface area (Å²) in [5, 5.41) is 10.7. The molecule has 9 nitrogen and oxygen atoms in total. The first-order valence-electron chi connectivity index (χ1n) is 8.46. The van der Waals surface area contributed by atoms with Crippen molar-refractivity contribution in [2.24, 2.45) is 0 Å². The minimum Gasteiger partial charge on any atom is -0.368 e. The van der Waals surface area contributed by atoms with Crippen molar-refractivity contribution in [2.75, 3.05) is 11.1 Å². The molecular formula is C17H17N9. The van der Waals surface area contributed by atoms with Gasteiger partial charge in [-0.15, -0.1) is 0 Å². The van der Waals surface area contributed by atoms with Crippen molar-refractivity contribution in [1.82, 2.24) is 35.1 Å². The highest BCUT2D eigenvalue weighted by atomic mass is 15.2. The van der Waals surface area contributed by atoms with Crippen LogP contribution in [0.1, 0.15) is 35.6 Å². The molecule has 0 radical (unpaired) electrons. The number of nitrogen functional groups attached to an aromatic ring is 1. The molecule has 0 aliphatic heterocycles. The Morgan fingerprint density at radius 3 is 2.96 bits per heavy atom. The summed E-state index contributed by atoms with van der Waals surface area (Å²) in [5.74, 6) is 2.18. The van der Waals surface area contributed by atoms with E-state index in [2.05, 4.69) is 40.4 Å². The third-order valence-corrected chi connectivity index (χ3v) is 4.53. The molecule has 1 fully saturated rings. The largest absolute Gasteiger partial charge is 0.368 e. The summed E-state index contributed by atoms with van der Waals surface area (Å²) in [7, 11) is 0. The van der Waals surface area contributed by atoms with E-state index in [0.717, 1.165) is 33.7 Å². The fraction of sp³-hybridized carbons (Fsp3) is 0.235. The highest BCUT2D eigenvalue weighted by molar-refractivity contribution is 5.77. The number of nitrogens with two attached hydrogens (primary N) is 1. The highest BCUT2D eigenvalue weighted by Gasteiger charge is 2.25. The summed E-state index contributed by atoms with van der Waals surface area (Å²) < 4.78 is 0. The van der Waals surface area contributed by atoms with Crippen molar-refractivity contribution in [3.05, 3.63) is 47.8 Å². The Kier molecular flexibility index (Phi) is 3.30. The lowest BCUT2D eigenvalue weighted by Crippen LogP contribution is -2.05. The van der Waals surface area contributed by atoms with E-state index in [1.807, 2.05) is 12.3 Å². The SMILES string of the molecule is Nc1ncc(Cc2cncc3[nH]cnc23)c(Nc2cc(C3CC3)[nH]n2)n1. The molecule has 1 aliphatic carbocycles. The van der Waals surface area contributed by atoms with Gasteiger partial charge in [-0.3, -0.25) is 10.1 Å². The number of hydrogen-bond acceptors (Lipinski definition) is 7. The van der Waals surface area contributed by atoms with Crippen LogP contribution >= 0.6 is 0 Å². The molecule has 130 valence electrons. The zero-order chi connectivity index (χ0) is 17.5. The Morgan fingerprint density at radius 1 is 1.15 bits per heavy atom. The van der Waals surface area contributed by atoms with E-state index in [9.17, 15) is 0 Å². The van der Waals surface area contributed by atoms with E-state index in [-0.39, 0.29) is 5.95 Å². The molecule has 5 rings (SSSR count). The van der Waals surface area contributed by atoms with E-state index in [1.54, 1.807) is 18.7 Å². The first-order chi connectivity index (χ1) is 12.8. The van der Waals surface area contributed by atoms with Gasteiger partial charge in [0.2, 0.25) is 5.95 Å². The van der Waals surface area contributed by atoms with Crippen molar-refractivity contribution in [3.63, 3.8) is 0 Å². The van der Waals surface area contributed by atoms with Gasteiger partial charge in [0.05, 0.1) is 23.6 Å². The van der Waals surface area contributed by atoms with E-state index >= 15 is 0 Å². The van der Waals surface area contributed by atoms with Crippen LogP contribution in [-0.4, -0.2) is 35.1 Å². The molecule has 0 aromatic carbocycles. The van der Waals surface area contributed by atoms with Gasteiger partial charge in [-0.2, -0.15) is 10.1 Å². The molecule has 4 aromatic rings. The van der Waals surface area contributed by atoms with Gasteiger partial charge in [-0.05, 0) is 12.8 Å². The van der Waals surface area contributed by atoms with Crippen LogP contribution in [0, 0.1) is 0 Å². The maximum Gasteiger partial charge on any atom is 0.221 e. The molecule has 0 saturated heterocycles. The second-order valence-electron chi connectivity index (χ2n) is 6.48. The van der Waals surface area contributed by atoms with Crippen LogP contribution < -0.4 is 11.1 Å². The van der Waals surface area contributed by atoms with Gasteiger partial charge in [0.15, 0.2) is 5.82 Å². The molecule has 0 unspecified atom stereocenters. The summed E-state index contributed by atoms with van der Waals surface area (Å²) >= 11 is 0. The minimum absolute atomic E-state index is 0.213. The predicted molar refractivity (Wildman–Crippen MR) is 97.0 cm³/mol. The third kappa shape index (κ3) is 2.73. The molecular weight excluding hydrogens is 330 g/mol. The Morgan fingerprint density at radius 2 is 2.08 bits per heavy atom. The molecule has 5 N–H and O–H groups in total. The lowest BCUT2D eigenvalue weighted by Gasteiger charge is -2.10. The van der Waals surface area contributed by atoms with Gasteiger partial charge < -0.3 is 16.0 Å². The van der Waals surface area contributed by atoms with Crippen LogP contribution in [0.25, 0.3) is 11.0 Å². The summed E-state index contributed by atoms with van der Waals surface area (Å²) in [6, 6.07) is 2.02. The first-order valence-corrected chi connectivity index (χ1v) is 8.46. The Hall–Kier alpha value is -3.49. The Balaban J connectivity index is 1.47. The Bertz CT molecular complexity index is 1080. The lowest BCUT2D eigenvalue weighted by molar-refractivity contribution is 0.965. The molecule has 0 spiro atoms. The number of anilines is 3. The lowest BCUT2D eigenvalue weighted by atomic mass is 10.1. The quantitative estimate of drug-likeness (QED) is 0.435. The monoisotopic (exact) mass is 347 g/mol. The number of pyridine rings is 1. The van der Waals surface area contributed by atoms with Crippen LogP contribution in [-0.2, 0) is 6.42 Å². The second kappa shape index (κ2) is 5.80. The van der Waals surface area contributed by atoms with Crippen LogP contribution in [0.4, 0.5) is 17.6 Å². The minimum atomic E-state index is 0.213. The van der Waals surface area contributed by atoms with Crippen molar-refractivity contribution in [1.29, 1.82) is 0 Å². The van der Waals surface area contributed by atoms with Gasteiger partial charge in [0.25, 0.3) is 0 Å². The summed E-state index contributed by atoms with van der Waals surface area (Å²) in [4.78, 5) is 20.2. The van der Waals surface area contributed by atoms with Gasteiger partial charge >= 0.3 is 0 Å². The molecule has 26 heavy (non-hydrogen) atoms. The first kappa shape index (κ1) is 14.8. The normalized spacial score (nSPS) is 14.0. The maximum absolute atomic E-state index is 5.79. The number of nitrogens with one attached hydrogen (secondary N) is 3. The average molecular weight is 347 g/mol. The van der Waals surface area contributed by atoms with Crippen molar-refractivity contribution < 1.29 is 0 Å². The number of fused-ring (bicyclic) bond motifs is 1. The van der Waals surface area contributed by atoms with E-state index in [4.69, 9.17) is 5.73 Å². The molecule has 4 heterocycles. The number of nitrogens with zero attached hydrogens (tertiary/aromatic N) is 5. The fourth-order valence-electron chi connectivity index (χ4n) is 3.04. The Labute approximate surface area is 148 Å². The summed E-state index contributed by atoms with van der Waals surface area (Å²) in [6.07, 6.45) is 9.97. The predicted octanol–water partition coefficient (Wildman–Crippen LogP) is 2.26. The number of aromatic nitrogens is 7. The van der Waals surface area contributed by atoms with Crippen LogP contribution in [0.3, 0.4) is 0 Å². The summed E-state index contributed by atoms with van der Waals surface area (Å²) in [6.45, 7) is 0. The number of imidazole rings is 1. The molecule has 4 aromatic heterocycles. The zero-order valence-electron chi connectivity index (χ0n) is 13.9. The molecule has 9 heteroatoms. The van der Waals surface area contributed by atoms with Crippen molar-refractivity contribution >= 4 is 28.6 Å². The van der Waals surface area contributed by atoms with Gasteiger partial charge in [0, 0.05) is 47.6 Å². The van der Waals surface area contributed by atoms with Crippen LogP contribution in [0.2, 0.25) is 0 Å². The fourth-order valence-corrected chi connectivity index (χ4v) is 3.04. The van der Waals surface area contributed by atoms with Crippen molar-refractivity contribution in [2.45, 2.75) is 25.2 Å². The summed E-state index contributed by atoms with van der Waals surface area (Å²) in [5.41, 5.74) is 10.6. The zero-order valence-corrected chi connectivity index (χ0v) is 13.9. The maximum atomic E-state index is 5.79. The van der Waals surface area contributed by atoms with Gasteiger partial charge in [-0.25, -0.2) is 9.97 Å². The van der Waals surface area contributed by atoms with Crippen LogP contribution in [0.15, 0.2) is 31.0 Å². The number of rotatable bonds is 5. The van der Waals surface area contributed by atoms with E-state index in [0.29, 0.717) is 18.2 Å². The number of hydrogen-bond donors (Lipinski definition) is 4. The number of aromatic amines is 2. The van der Waals surface area contributed by atoms with E-state index < -0.39 is 0 Å². The second-order valence-corrected chi connectivity index (χ2v) is 6.48. The number of H-pyrrole nitrogens is 2.